The number of alkyl carbamates (subject to hydrolysis) is 1. The van der Waals surface area contributed by atoms with Gasteiger partial charge in [0.2, 0.25) is 0 Å². The summed E-state index contributed by atoms with van der Waals surface area (Å²) in [5, 5.41) is 3.43. The minimum atomic E-state index is -4.24. The molecule has 0 saturated carbocycles. The molecule has 0 aliphatic carbocycles. The Bertz CT molecular complexity index is 1260. The number of hydrogen-bond acceptors (Lipinski definition) is 5. The molecule has 0 aliphatic heterocycles. The summed E-state index contributed by atoms with van der Waals surface area (Å²) in [6.07, 6.45) is 2.64. The molecule has 7 nitrogen and oxygen atoms in total. The van der Waals surface area contributed by atoms with Gasteiger partial charge in [-0.05, 0) is 74.9 Å². The second kappa shape index (κ2) is 11.2. The van der Waals surface area contributed by atoms with Crippen LogP contribution >= 0.6 is 11.6 Å². The van der Waals surface area contributed by atoms with Crippen LogP contribution in [0.1, 0.15) is 49.2 Å². The van der Waals surface area contributed by atoms with E-state index in [0.29, 0.717) is 30.0 Å². The zero-order chi connectivity index (χ0) is 25.6. The SMILES string of the molecule is CC(C)(C)OC(=O)NC(Cc1ccccc1)c1ncc(Cl)cc1CCc1ccc(S(=O)(=O)O)cc1. The Morgan fingerprint density at radius 1 is 1.06 bits per heavy atom. The summed E-state index contributed by atoms with van der Waals surface area (Å²) in [6, 6.07) is 17.2. The second-order valence-electron chi connectivity index (χ2n) is 9.21. The van der Waals surface area contributed by atoms with Gasteiger partial charge in [0.25, 0.3) is 10.1 Å². The van der Waals surface area contributed by atoms with Crippen LogP contribution in [0.15, 0.2) is 71.8 Å². The Kier molecular flexibility index (Phi) is 8.53. The van der Waals surface area contributed by atoms with Gasteiger partial charge in [-0.15, -0.1) is 0 Å². The predicted molar refractivity (Wildman–Crippen MR) is 135 cm³/mol. The lowest BCUT2D eigenvalue weighted by atomic mass is 9.96. The Hall–Kier alpha value is -2.94. The standard InChI is InChI=1S/C26H29ClN2O5S/c1-26(2,3)34-25(30)29-23(15-19-7-5-4-6-8-19)24-20(16-21(27)17-28-24)12-9-18-10-13-22(14-11-18)35(31,32)33/h4-8,10-11,13-14,16-17,23H,9,12,15H2,1-3H3,(H,29,30)(H,31,32,33). The number of carbonyl (C=O) groups is 1. The highest BCUT2D eigenvalue weighted by molar-refractivity contribution is 7.85. The van der Waals surface area contributed by atoms with E-state index in [1.807, 2.05) is 36.4 Å². The third-order valence-corrected chi connectivity index (χ3v) is 6.25. The lowest BCUT2D eigenvalue weighted by Crippen LogP contribution is -2.36. The van der Waals surface area contributed by atoms with E-state index in [1.165, 1.54) is 12.1 Å². The Morgan fingerprint density at radius 2 is 1.71 bits per heavy atom. The van der Waals surface area contributed by atoms with Crippen LogP contribution in [0, 0.1) is 0 Å². The van der Waals surface area contributed by atoms with Gasteiger partial charge in [0.15, 0.2) is 0 Å². The van der Waals surface area contributed by atoms with Crippen molar-refractivity contribution >= 4 is 27.8 Å². The number of nitrogens with one attached hydrogen (secondary N) is 1. The van der Waals surface area contributed by atoms with Gasteiger partial charge in [-0.3, -0.25) is 9.54 Å². The summed E-state index contributed by atoms with van der Waals surface area (Å²) < 4.78 is 37.3. The number of aryl methyl sites for hydroxylation is 2. The summed E-state index contributed by atoms with van der Waals surface area (Å²) in [5.74, 6) is 0. The Morgan fingerprint density at radius 3 is 2.31 bits per heavy atom. The molecule has 2 aromatic carbocycles. The first-order valence-electron chi connectivity index (χ1n) is 11.1. The van der Waals surface area contributed by atoms with E-state index in [1.54, 1.807) is 39.1 Å². The molecule has 1 aromatic heterocycles. The molecule has 3 rings (SSSR count). The quantitative estimate of drug-likeness (QED) is 0.379. The maximum atomic E-state index is 12.6. The maximum Gasteiger partial charge on any atom is 0.408 e. The molecule has 1 atom stereocenters. The number of benzene rings is 2. The Labute approximate surface area is 211 Å². The number of aromatic nitrogens is 1. The first kappa shape index (κ1) is 26.7. The smallest absolute Gasteiger partial charge is 0.408 e. The minimum Gasteiger partial charge on any atom is -0.444 e. The molecule has 186 valence electrons. The summed E-state index contributed by atoms with van der Waals surface area (Å²) in [4.78, 5) is 17.1. The van der Waals surface area contributed by atoms with Crippen LogP contribution in [0.5, 0.6) is 0 Å². The van der Waals surface area contributed by atoms with Crippen LogP contribution in [-0.2, 0) is 34.1 Å². The average Bonchev–Trinajstić information content (AvgIpc) is 2.76. The van der Waals surface area contributed by atoms with Crippen LogP contribution in [0.2, 0.25) is 5.02 Å². The lowest BCUT2D eigenvalue weighted by Gasteiger charge is -2.25. The van der Waals surface area contributed by atoms with E-state index in [0.717, 1.165) is 16.7 Å². The molecule has 0 aliphatic rings. The Balaban J connectivity index is 1.87. The van der Waals surface area contributed by atoms with Crippen molar-refractivity contribution in [3.63, 3.8) is 0 Å². The summed E-state index contributed by atoms with van der Waals surface area (Å²) in [5.41, 5.74) is 2.79. The molecule has 0 radical (unpaired) electrons. The van der Waals surface area contributed by atoms with Gasteiger partial charge in [0.05, 0.1) is 21.7 Å². The highest BCUT2D eigenvalue weighted by Crippen LogP contribution is 2.25. The summed E-state index contributed by atoms with van der Waals surface area (Å²) in [6.45, 7) is 5.41. The van der Waals surface area contributed by atoms with Crippen LogP contribution < -0.4 is 5.32 Å². The fourth-order valence-corrected chi connectivity index (χ4v) is 4.29. The molecular formula is C26H29ClN2O5S. The largest absolute Gasteiger partial charge is 0.444 e. The number of halogens is 1. The topological polar surface area (TPSA) is 106 Å². The van der Waals surface area contributed by atoms with Gasteiger partial charge < -0.3 is 10.1 Å². The third kappa shape index (κ3) is 8.35. The number of rotatable bonds is 8. The second-order valence-corrected chi connectivity index (χ2v) is 11.1. The zero-order valence-corrected chi connectivity index (χ0v) is 21.4. The van der Waals surface area contributed by atoms with Crippen molar-refractivity contribution in [2.24, 2.45) is 0 Å². The number of pyridine rings is 1. The van der Waals surface area contributed by atoms with E-state index in [9.17, 15) is 17.8 Å². The number of ether oxygens (including phenoxy) is 1. The number of amides is 1. The molecule has 2 N–H and O–H groups in total. The summed E-state index contributed by atoms with van der Waals surface area (Å²) in [7, 11) is -4.24. The minimum absolute atomic E-state index is 0.157. The fourth-order valence-electron chi connectivity index (χ4n) is 3.63. The van der Waals surface area contributed by atoms with Gasteiger partial charge in [0.1, 0.15) is 5.60 Å². The van der Waals surface area contributed by atoms with E-state index >= 15 is 0 Å². The molecule has 1 unspecified atom stereocenters. The zero-order valence-electron chi connectivity index (χ0n) is 19.9. The van der Waals surface area contributed by atoms with Crippen molar-refractivity contribution in [1.29, 1.82) is 0 Å². The molecule has 3 aromatic rings. The average molecular weight is 517 g/mol. The van der Waals surface area contributed by atoms with Crippen molar-refractivity contribution in [3.05, 3.63) is 94.3 Å². The van der Waals surface area contributed by atoms with Crippen LogP contribution in [0.25, 0.3) is 0 Å². The third-order valence-electron chi connectivity index (χ3n) is 5.18. The van der Waals surface area contributed by atoms with Crippen molar-refractivity contribution in [2.45, 2.75) is 56.6 Å². The molecule has 0 saturated heterocycles. The normalized spacial score (nSPS) is 12.7. The number of carbonyl (C=O) groups excluding carboxylic acids is 1. The highest BCUT2D eigenvalue weighted by atomic mass is 35.5. The van der Waals surface area contributed by atoms with Crippen LogP contribution in [0.3, 0.4) is 0 Å². The maximum absolute atomic E-state index is 12.6. The van der Waals surface area contributed by atoms with E-state index < -0.39 is 27.9 Å². The predicted octanol–water partition coefficient (Wildman–Crippen LogP) is 5.58. The monoisotopic (exact) mass is 516 g/mol. The van der Waals surface area contributed by atoms with E-state index in [2.05, 4.69) is 10.3 Å². The van der Waals surface area contributed by atoms with E-state index in [4.69, 9.17) is 16.3 Å². The molecule has 1 heterocycles. The molecule has 0 spiro atoms. The van der Waals surface area contributed by atoms with Gasteiger partial charge in [-0.1, -0.05) is 54.1 Å². The van der Waals surface area contributed by atoms with Gasteiger partial charge in [0, 0.05) is 6.20 Å². The molecular weight excluding hydrogens is 488 g/mol. The number of hydrogen-bond donors (Lipinski definition) is 2. The van der Waals surface area contributed by atoms with Crippen molar-refractivity contribution in [1.82, 2.24) is 10.3 Å². The van der Waals surface area contributed by atoms with Crippen molar-refractivity contribution in [3.8, 4) is 0 Å². The molecule has 9 heteroatoms. The highest BCUT2D eigenvalue weighted by Gasteiger charge is 2.24. The van der Waals surface area contributed by atoms with Crippen molar-refractivity contribution in [2.75, 3.05) is 0 Å². The van der Waals surface area contributed by atoms with Crippen LogP contribution in [-0.4, -0.2) is 29.6 Å². The van der Waals surface area contributed by atoms with Gasteiger partial charge in [-0.2, -0.15) is 8.42 Å². The molecule has 35 heavy (non-hydrogen) atoms. The molecule has 1 amide bonds. The first-order valence-corrected chi connectivity index (χ1v) is 13.0. The van der Waals surface area contributed by atoms with Gasteiger partial charge in [-0.25, -0.2) is 4.79 Å². The van der Waals surface area contributed by atoms with Crippen LogP contribution in [0.4, 0.5) is 4.79 Å². The number of nitrogens with zero attached hydrogens (tertiary/aromatic N) is 1. The lowest BCUT2D eigenvalue weighted by molar-refractivity contribution is 0.0502. The van der Waals surface area contributed by atoms with Gasteiger partial charge >= 0.3 is 6.09 Å². The first-order chi connectivity index (χ1) is 16.4. The molecule has 0 bridgehead atoms. The van der Waals surface area contributed by atoms with E-state index in [-0.39, 0.29) is 4.90 Å². The summed E-state index contributed by atoms with van der Waals surface area (Å²) >= 11 is 6.26. The fraction of sp³-hybridized carbons (Fsp3) is 0.308. The molecule has 0 fully saturated rings. The van der Waals surface area contributed by atoms with Crippen molar-refractivity contribution < 1.29 is 22.5 Å².